The molecule has 7 amide bonds. The fourth-order valence-electron chi connectivity index (χ4n) is 11.5. The van der Waals surface area contributed by atoms with Crippen LogP contribution in [0.4, 0.5) is 5.69 Å². The minimum atomic E-state index is -5.06. The van der Waals surface area contributed by atoms with Crippen molar-refractivity contribution in [2.45, 2.75) is 142 Å². The van der Waals surface area contributed by atoms with E-state index in [4.69, 9.17) is 10.5 Å². The summed E-state index contributed by atoms with van der Waals surface area (Å²) in [7, 11) is -5.06. The van der Waals surface area contributed by atoms with E-state index in [0.29, 0.717) is 54.4 Å². The molecule has 10 N–H and O–H groups in total. The van der Waals surface area contributed by atoms with Crippen molar-refractivity contribution >= 4 is 82.4 Å². The zero-order valence-electron chi connectivity index (χ0n) is 48.7. The van der Waals surface area contributed by atoms with Crippen LogP contribution in [0.3, 0.4) is 0 Å². The largest absolute Gasteiger partial charge is 0.491 e. The monoisotopic (exact) mass is 1210 g/mol. The molecule has 5 heterocycles. The number of benzene rings is 4. The first-order valence-corrected chi connectivity index (χ1v) is 31.1. The Kier molecular flexibility index (Phi) is 18.8. The number of aliphatic hydroxyl groups excluding tert-OH is 1. The summed E-state index contributed by atoms with van der Waals surface area (Å²) < 4.78 is 17.7. The molecule has 0 unspecified atom stereocenters. The number of amides is 7. The Morgan fingerprint density at radius 3 is 2.31 bits per heavy atom. The van der Waals surface area contributed by atoms with Crippen LogP contribution in [0, 0.1) is 19.3 Å². The summed E-state index contributed by atoms with van der Waals surface area (Å²) in [5.41, 5.74) is 12.4. The molecule has 24 heteroatoms. The van der Waals surface area contributed by atoms with Crippen LogP contribution in [0.25, 0.3) is 21.3 Å². The Morgan fingerprint density at radius 1 is 0.895 bits per heavy atom. The first-order chi connectivity index (χ1) is 40.8. The lowest BCUT2D eigenvalue weighted by molar-refractivity contribution is -0.144. The van der Waals surface area contributed by atoms with Gasteiger partial charge in [-0.05, 0) is 122 Å². The summed E-state index contributed by atoms with van der Waals surface area (Å²) in [6, 6.07) is 18.3. The van der Waals surface area contributed by atoms with E-state index in [0.717, 1.165) is 44.0 Å². The quantitative estimate of drug-likeness (QED) is 0.0289. The number of nitrogens with zero attached hydrogens (tertiary/aromatic N) is 3. The molecule has 1 saturated heterocycles. The molecule has 0 aliphatic carbocycles. The van der Waals surface area contributed by atoms with Crippen LogP contribution in [-0.4, -0.2) is 126 Å². The highest BCUT2D eigenvalue weighted by atomic mass is 32.1. The van der Waals surface area contributed by atoms with Gasteiger partial charge in [-0.3, -0.25) is 47.8 Å². The van der Waals surface area contributed by atoms with Gasteiger partial charge in [-0.1, -0.05) is 81.8 Å². The van der Waals surface area contributed by atoms with Crippen molar-refractivity contribution in [3.8, 4) is 16.2 Å². The van der Waals surface area contributed by atoms with Crippen molar-refractivity contribution in [3.63, 3.8) is 0 Å². The summed E-state index contributed by atoms with van der Waals surface area (Å²) in [5, 5.41) is 22.5. The number of thiazole rings is 1. The van der Waals surface area contributed by atoms with E-state index in [2.05, 4.69) is 31.2 Å². The number of anilines is 1. The highest BCUT2D eigenvalue weighted by Crippen LogP contribution is 2.41. The molecule has 1 fully saturated rings. The summed E-state index contributed by atoms with van der Waals surface area (Å²) >= 11 is 1.56. The molecule has 3 aliphatic rings. The average molecular weight is 1210 g/mol. The number of aryl methyl sites for hydroxylation is 3. The summed E-state index contributed by atoms with van der Waals surface area (Å²) in [6.45, 7) is 10.8. The molecule has 454 valence electrons. The molecule has 6 aromatic rings. The number of ether oxygens (including phenoxy) is 1. The number of nitrogens with one attached hydrogen (secondary N) is 5. The molecule has 0 spiro atoms. The molecule has 0 radical (unpaired) electrons. The normalized spacial score (nSPS) is 18.6. The molecule has 0 saturated carbocycles. The SMILES string of the molecule is Cc1ncsc1-c1ccc([C@H](C)NC(=O)[C@@H]2C[C@@H](O)CN2C(=O)[C@@H](NC(=O)CCCCCc2cccc(OC[C@@H](NC(=O)[C@@H]3Cc4cccc5c4N3C(=O)[C@@H](NC(=O)c3cc4cc(C(=O)P(=O)(O)O)ccc4[nH]3)CC5)C(N)=O)c2C)C(C)(C)C)cc1. The Bertz CT molecular complexity index is 3670. The van der Waals surface area contributed by atoms with Crippen molar-refractivity contribution in [2.75, 3.05) is 18.1 Å². The molecule has 7 atom stereocenters. The minimum absolute atomic E-state index is 0.0177. The number of nitrogens with two attached hydrogens (primary N) is 1. The number of β-amino-alcohol motifs (C(OH)–C–C–N with tert-alkyl or cyclic N) is 1. The number of hydrogen-bond donors (Lipinski definition) is 9. The Morgan fingerprint density at radius 2 is 1.62 bits per heavy atom. The van der Waals surface area contributed by atoms with Gasteiger partial charge in [0.25, 0.3) is 11.4 Å². The lowest BCUT2D eigenvalue weighted by Crippen LogP contribution is -2.57. The Hall–Kier alpha value is -8.08. The van der Waals surface area contributed by atoms with Crippen LogP contribution in [0.5, 0.6) is 5.75 Å². The number of aromatic nitrogens is 2. The molecule has 0 bridgehead atoms. The second-order valence-electron chi connectivity index (χ2n) is 23.5. The van der Waals surface area contributed by atoms with Crippen molar-refractivity contribution in [1.29, 1.82) is 0 Å². The van der Waals surface area contributed by atoms with Gasteiger partial charge in [0.15, 0.2) is 0 Å². The number of aliphatic hydroxyl groups is 1. The fraction of sp³-hybridized carbons (Fsp3) is 0.403. The van der Waals surface area contributed by atoms with Crippen LogP contribution < -0.4 is 36.6 Å². The van der Waals surface area contributed by atoms with Crippen molar-refractivity contribution in [1.82, 2.24) is 36.1 Å². The summed E-state index contributed by atoms with van der Waals surface area (Å²) in [6.07, 6.45) is 2.52. The molecule has 22 nitrogen and oxygen atoms in total. The zero-order chi connectivity index (χ0) is 61.9. The molecule has 9 rings (SSSR count). The van der Waals surface area contributed by atoms with Gasteiger partial charge in [0.2, 0.25) is 35.4 Å². The maximum atomic E-state index is 14.5. The van der Waals surface area contributed by atoms with Crippen LogP contribution in [-0.2, 0) is 52.6 Å². The third kappa shape index (κ3) is 13.9. The summed E-state index contributed by atoms with van der Waals surface area (Å²) in [5.74, 6) is -3.46. The van der Waals surface area contributed by atoms with E-state index in [1.54, 1.807) is 22.9 Å². The average Bonchev–Trinajstić information content (AvgIpc) is 1.81. The van der Waals surface area contributed by atoms with Crippen molar-refractivity contribution in [3.05, 3.63) is 135 Å². The van der Waals surface area contributed by atoms with E-state index in [1.807, 2.05) is 96.1 Å². The van der Waals surface area contributed by atoms with Gasteiger partial charge >= 0.3 is 7.60 Å². The van der Waals surface area contributed by atoms with Gasteiger partial charge in [0.1, 0.15) is 48.3 Å². The highest BCUT2D eigenvalue weighted by molar-refractivity contribution is 7.70. The molecule has 86 heavy (non-hydrogen) atoms. The van der Waals surface area contributed by atoms with Gasteiger partial charge < -0.3 is 56.5 Å². The number of primary amides is 1. The third-order valence-electron chi connectivity index (χ3n) is 16.3. The van der Waals surface area contributed by atoms with E-state index >= 15 is 0 Å². The number of likely N-dealkylation sites (tertiary alicyclic amines) is 1. The predicted molar refractivity (Wildman–Crippen MR) is 322 cm³/mol. The number of carbonyl (C=O) groups excluding carboxylic acids is 8. The lowest BCUT2D eigenvalue weighted by atomic mass is 9.85. The van der Waals surface area contributed by atoms with E-state index < -0.39 is 90.3 Å². The molecule has 4 aromatic carbocycles. The standard InChI is InChI=1S/C62H72N9O13PS/c1-33-36(12-8-7-9-17-51(73)69-54(62(4,5)6)60(79)70-30-43(72)29-48(70)57(76)65-34(2)37-18-20-39(21-19-37)53-35(3)64-32-86-53)13-11-16-50(33)84-31-47(55(63)74)68-58(77)49-28-40-15-10-14-38-22-25-45(59(78)71(49)52(38)40)67-56(75)46-27-42-26-41(23-24-44(42)66-46)61(80)85(81,82)83/h10-11,13-16,18-21,23-24,26-27,32,34,43,45,47-49,54,66,72H,7-9,12,17,22,25,28-31H2,1-6H3,(H2,63,74)(H,65,76)(H,67,75)(H,68,77)(H,69,73)(H2,81,82,83)/t34-,43+,45-,47+,48-,49-,54+/m0/s1. The lowest BCUT2D eigenvalue weighted by Gasteiger charge is -2.35. The van der Waals surface area contributed by atoms with Gasteiger partial charge in [0.05, 0.1) is 33.9 Å². The number of unbranched alkanes of at least 4 members (excludes halogenated alkanes) is 2. The second-order valence-corrected chi connectivity index (χ2v) is 25.9. The Balaban J connectivity index is 0.756. The number of H-pyrrole nitrogens is 1. The number of hydrogen-bond acceptors (Lipinski definition) is 13. The van der Waals surface area contributed by atoms with Crippen LogP contribution in [0.2, 0.25) is 0 Å². The number of aromatic amines is 1. The molecule has 2 aromatic heterocycles. The first-order valence-electron chi connectivity index (χ1n) is 28.6. The fourth-order valence-corrected chi connectivity index (χ4v) is 12.8. The minimum Gasteiger partial charge on any atom is -0.491 e. The maximum absolute atomic E-state index is 14.5. The maximum Gasteiger partial charge on any atom is 0.396 e. The van der Waals surface area contributed by atoms with Crippen LogP contribution >= 0.6 is 18.9 Å². The second kappa shape index (κ2) is 25.9. The van der Waals surface area contributed by atoms with Crippen molar-refractivity contribution in [2.24, 2.45) is 11.1 Å². The number of fused-ring (bicyclic) bond motifs is 1. The zero-order valence-corrected chi connectivity index (χ0v) is 50.4. The van der Waals surface area contributed by atoms with Gasteiger partial charge in [-0.25, -0.2) is 4.98 Å². The number of carbonyl (C=O) groups is 8. The van der Waals surface area contributed by atoms with Crippen molar-refractivity contribution < 1.29 is 62.6 Å². The van der Waals surface area contributed by atoms with Gasteiger partial charge in [0, 0.05) is 42.3 Å². The van der Waals surface area contributed by atoms with Crippen LogP contribution in [0.1, 0.15) is 127 Å². The predicted octanol–water partition coefficient (Wildman–Crippen LogP) is 5.75. The Labute approximate surface area is 501 Å². The molecular formula is C62H72N9O13PS. The molecular weight excluding hydrogens is 1140 g/mol. The third-order valence-corrected chi connectivity index (χ3v) is 18.0. The summed E-state index contributed by atoms with van der Waals surface area (Å²) in [4.78, 5) is 139. The molecule has 3 aliphatic heterocycles. The first kappa shape index (κ1) is 62.5. The number of rotatable bonds is 22. The van der Waals surface area contributed by atoms with E-state index in [9.17, 15) is 57.8 Å². The smallest absolute Gasteiger partial charge is 0.396 e. The van der Waals surface area contributed by atoms with Gasteiger partial charge in [-0.15, -0.1) is 11.3 Å². The topological polar surface area (TPSA) is 333 Å². The highest BCUT2D eigenvalue weighted by Gasteiger charge is 2.46. The van der Waals surface area contributed by atoms with Crippen LogP contribution in [0.15, 0.2) is 90.4 Å². The van der Waals surface area contributed by atoms with Gasteiger partial charge in [-0.2, -0.15) is 0 Å². The number of para-hydroxylation sites is 1. The van der Waals surface area contributed by atoms with E-state index in [-0.39, 0.29) is 62.0 Å². The van der Waals surface area contributed by atoms with E-state index in [1.165, 1.54) is 34.1 Å².